The quantitative estimate of drug-likeness (QED) is 0.458. The van der Waals surface area contributed by atoms with Gasteiger partial charge in [0, 0.05) is 28.9 Å². The smallest absolute Gasteiger partial charge is 0.326 e. The molecule has 2 atom stereocenters. The minimum atomic E-state index is -1.12. The van der Waals surface area contributed by atoms with Crippen LogP contribution in [0.5, 0.6) is 0 Å². The van der Waals surface area contributed by atoms with Crippen LogP contribution in [0.2, 0.25) is 5.02 Å². The Balaban J connectivity index is 1.83. The van der Waals surface area contributed by atoms with E-state index in [4.69, 9.17) is 16.0 Å². The van der Waals surface area contributed by atoms with Gasteiger partial charge >= 0.3 is 5.97 Å². The zero-order valence-electron chi connectivity index (χ0n) is 17.5. The molecule has 2 heterocycles. The lowest BCUT2D eigenvalue weighted by molar-refractivity contribution is -0.139. The summed E-state index contributed by atoms with van der Waals surface area (Å²) in [4.78, 5) is 33.4. The number of amides is 1. The Labute approximate surface area is 186 Å². The number of imidazole rings is 1. The van der Waals surface area contributed by atoms with Gasteiger partial charge in [-0.25, -0.2) is 9.78 Å². The van der Waals surface area contributed by atoms with E-state index in [9.17, 15) is 14.7 Å². The molecule has 164 valence electrons. The number of carbonyl (C=O) groups excluding carboxylic acids is 1. The first kappa shape index (κ1) is 22.6. The van der Waals surface area contributed by atoms with E-state index in [0.29, 0.717) is 10.7 Å². The van der Waals surface area contributed by atoms with Gasteiger partial charge in [0.15, 0.2) is 0 Å². The lowest BCUT2D eigenvalue weighted by atomic mass is 9.93. The van der Waals surface area contributed by atoms with Gasteiger partial charge < -0.3 is 14.5 Å². The molecule has 3 rings (SSSR count). The van der Waals surface area contributed by atoms with Crippen molar-refractivity contribution in [1.82, 2.24) is 9.97 Å². The monoisotopic (exact) mass is 443 g/mol. The zero-order valence-corrected chi connectivity index (χ0v) is 18.3. The highest BCUT2D eigenvalue weighted by atomic mass is 35.5. The largest absolute Gasteiger partial charge is 0.480 e. The van der Waals surface area contributed by atoms with Crippen LogP contribution in [-0.2, 0) is 16.0 Å². The summed E-state index contributed by atoms with van der Waals surface area (Å²) in [5, 5.41) is 10.1. The van der Waals surface area contributed by atoms with Crippen molar-refractivity contribution in [3.8, 4) is 0 Å². The summed E-state index contributed by atoms with van der Waals surface area (Å²) < 4.78 is 5.29. The van der Waals surface area contributed by atoms with Gasteiger partial charge in [-0.05, 0) is 31.0 Å². The number of aromatic amines is 1. The zero-order chi connectivity index (χ0) is 22.4. The fraction of sp³-hybridized carbons (Fsp3) is 0.348. The molecule has 1 unspecified atom stereocenters. The highest BCUT2D eigenvalue weighted by Crippen LogP contribution is 2.33. The van der Waals surface area contributed by atoms with Crippen LogP contribution < -0.4 is 4.90 Å². The number of rotatable bonds is 10. The van der Waals surface area contributed by atoms with Crippen molar-refractivity contribution in [2.75, 3.05) is 4.90 Å². The van der Waals surface area contributed by atoms with Crippen LogP contribution in [0.1, 0.15) is 56.1 Å². The number of nitrogens with zero attached hydrogens (tertiary/aromatic N) is 2. The highest BCUT2D eigenvalue weighted by molar-refractivity contribution is 6.31. The highest BCUT2D eigenvalue weighted by Gasteiger charge is 2.29. The summed E-state index contributed by atoms with van der Waals surface area (Å²) >= 11 is 6.43. The molecule has 31 heavy (non-hydrogen) atoms. The molecule has 2 aromatic heterocycles. The SMILES string of the molecule is CCCCC(c1ncc(CC(=O)N(c2ccco2)[C@@H](C)C(=O)O)[nH]1)c1ccccc1Cl. The van der Waals surface area contributed by atoms with Gasteiger partial charge in [-0.1, -0.05) is 49.6 Å². The molecule has 0 aliphatic heterocycles. The third-order valence-corrected chi connectivity index (χ3v) is 5.55. The van der Waals surface area contributed by atoms with Crippen molar-refractivity contribution in [1.29, 1.82) is 0 Å². The standard InChI is InChI=1S/C23H26ClN3O4/c1-3-4-8-18(17-9-5-6-10-19(17)24)22-25-14-16(26-22)13-20(28)27(15(2)23(29)30)21-11-7-12-31-21/h5-7,9-12,14-15,18H,3-4,8,13H2,1-2H3,(H,25,26)(H,29,30)/t15-,18?/m0/s1. The van der Waals surface area contributed by atoms with E-state index in [1.165, 1.54) is 13.2 Å². The van der Waals surface area contributed by atoms with Crippen molar-refractivity contribution >= 4 is 29.4 Å². The van der Waals surface area contributed by atoms with Crippen molar-refractivity contribution < 1.29 is 19.1 Å². The first-order valence-electron chi connectivity index (χ1n) is 10.3. The Bertz CT molecular complexity index is 1020. The van der Waals surface area contributed by atoms with E-state index in [0.717, 1.165) is 35.6 Å². The van der Waals surface area contributed by atoms with Crippen LogP contribution in [0.4, 0.5) is 5.88 Å². The molecule has 0 aliphatic rings. The Kier molecular flexibility index (Phi) is 7.52. The van der Waals surface area contributed by atoms with Crippen molar-refractivity contribution in [2.24, 2.45) is 0 Å². The predicted octanol–water partition coefficient (Wildman–Crippen LogP) is 5.03. The average molecular weight is 444 g/mol. The molecular formula is C23H26ClN3O4. The number of hydrogen-bond acceptors (Lipinski definition) is 4. The number of carboxylic acids is 1. The second kappa shape index (κ2) is 10.3. The van der Waals surface area contributed by atoms with Gasteiger partial charge in [0.25, 0.3) is 0 Å². The molecule has 0 aliphatic carbocycles. The van der Waals surface area contributed by atoms with Crippen molar-refractivity contribution in [3.63, 3.8) is 0 Å². The maximum Gasteiger partial charge on any atom is 0.326 e. The van der Waals surface area contributed by atoms with E-state index in [1.807, 2.05) is 24.3 Å². The van der Waals surface area contributed by atoms with Crippen LogP contribution in [0.3, 0.4) is 0 Å². The Morgan fingerprint density at radius 2 is 2.03 bits per heavy atom. The number of hydrogen-bond donors (Lipinski definition) is 2. The molecule has 2 N–H and O–H groups in total. The van der Waals surface area contributed by atoms with Gasteiger partial charge in [-0.2, -0.15) is 0 Å². The molecular weight excluding hydrogens is 418 g/mol. The predicted molar refractivity (Wildman–Crippen MR) is 118 cm³/mol. The van der Waals surface area contributed by atoms with Crippen LogP contribution in [0, 0.1) is 0 Å². The lowest BCUT2D eigenvalue weighted by Gasteiger charge is -2.23. The number of carbonyl (C=O) groups is 2. The molecule has 1 amide bonds. The first-order chi connectivity index (χ1) is 14.9. The van der Waals surface area contributed by atoms with E-state index in [1.54, 1.807) is 18.3 Å². The normalized spacial score (nSPS) is 13.0. The molecule has 0 spiro atoms. The number of aliphatic carboxylic acids is 1. The van der Waals surface area contributed by atoms with Crippen molar-refractivity contribution in [2.45, 2.75) is 51.5 Å². The Hall–Kier alpha value is -3.06. The third-order valence-electron chi connectivity index (χ3n) is 5.20. The lowest BCUT2D eigenvalue weighted by Crippen LogP contribution is -2.44. The summed E-state index contributed by atoms with van der Waals surface area (Å²) in [6, 6.07) is 9.79. The number of unbranched alkanes of at least 4 members (excludes halogenated alkanes) is 1. The summed E-state index contributed by atoms with van der Waals surface area (Å²) in [5.74, 6) is -0.607. The number of aromatic nitrogens is 2. The molecule has 0 saturated carbocycles. The first-order valence-corrected chi connectivity index (χ1v) is 10.7. The number of furan rings is 1. The molecule has 3 aromatic rings. The van der Waals surface area contributed by atoms with Crippen LogP contribution in [0.15, 0.2) is 53.3 Å². The second-order valence-corrected chi connectivity index (χ2v) is 7.82. The minimum Gasteiger partial charge on any atom is -0.480 e. The molecule has 0 radical (unpaired) electrons. The number of nitrogens with one attached hydrogen (secondary N) is 1. The fourth-order valence-electron chi connectivity index (χ4n) is 3.54. The topological polar surface area (TPSA) is 99.4 Å². The maximum absolute atomic E-state index is 13.0. The second-order valence-electron chi connectivity index (χ2n) is 7.42. The van der Waals surface area contributed by atoms with E-state index >= 15 is 0 Å². The van der Waals surface area contributed by atoms with E-state index in [-0.39, 0.29) is 18.2 Å². The molecule has 7 nitrogen and oxygen atoms in total. The van der Waals surface area contributed by atoms with Crippen LogP contribution in [0.25, 0.3) is 0 Å². The molecule has 1 aromatic carbocycles. The molecule has 0 saturated heterocycles. The van der Waals surface area contributed by atoms with Gasteiger partial charge in [0.2, 0.25) is 11.8 Å². The average Bonchev–Trinajstić information content (AvgIpc) is 3.42. The van der Waals surface area contributed by atoms with Gasteiger partial charge in [-0.3, -0.25) is 9.69 Å². The Morgan fingerprint density at radius 3 is 2.68 bits per heavy atom. The summed E-state index contributed by atoms with van der Waals surface area (Å²) in [6.45, 7) is 3.57. The van der Waals surface area contributed by atoms with Gasteiger partial charge in [0.1, 0.15) is 11.9 Å². The van der Waals surface area contributed by atoms with Crippen LogP contribution >= 0.6 is 11.6 Å². The maximum atomic E-state index is 13.0. The number of anilines is 1. The van der Waals surface area contributed by atoms with Crippen molar-refractivity contribution in [3.05, 3.63) is 71.0 Å². The van der Waals surface area contributed by atoms with Gasteiger partial charge in [-0.15, -0.1) is 0 Å². The van der Waals surface area contributed by atoms with Crippen LogP contribution in [-0.4, -0.2) is 33.0 Å². The number of carboxylic acid groups (broad SMARTS) is 1. The third kappa shape index (κ3) is 5.35. The van der Waals surface area contributed by atoms with E-state index < -0.39 is 17.9 Å². The van der Waals surface area contributed by atoms with E-state index in [2.05, 4.69) is 16.9 Å². The minimum absolute atomic E-state index is 0.0170. The summed E-state index contributed by atoms with van der Waals surface area (Å²) in [6.07, 6.45) is 5.91. The van der Waals surface area contributed by atoms with Gasteiger partial charge in [0.05, 0.1) is 12.7 Å². The molecule has 0 bridgehead atoms. The fourth-order valence-corrected chi connectivity index (χ4v) is 3.81. The Morgan fingerprint density at radius 1 is 1.26 bits per heavy atom. The number of H-pyrrole nitrogens is 1. The number of benzene rings is 1. The molecule has 0 fully saturated rings. The summed E-state index contributed by atoms with van der Waals surface area (Å²) in [7, 11) is 0. The number of halogens is 1. The molecule has 8 heteroatoms. The summed E-state index contributed by atoms with van der Waals surface area (Å²) in [5.41, 5.74) is 1.59.